The monoisotopic (exact) mass is 502 g/mol. The summed E-state index contributed by atoms with van der Waals surface area (Å²) in [5, 5.41) is 0. The molecule has 4 heteroatoms. The molecular weight excluding hydrogens is 448 g/mol. The van der Waals surface area contributed by atoms with Crippen molar-refractivity contribution in [3.63, 3.8) is 0 Å². The molecule has 2 unspecified atom stereocenters. The highest BCUT2D eigenvalue weighted by molar-refractivity contribution is 5.24. The minimum absolute atomic E-state index is 0.230. The lowest BCUT2D eigenvalue weighted by Gasteiger charge is -2.36. The Kier molecular flexibility index (Phi) is 13.8. The molecule has 2 aliphatic rings. The smallest absolute Gasteiger partial charge is 0.184 e. The molecule has 0 aliphatic carbocycles. The molecule has 2 heterocycles. The van der Waals surface area contributed by atoms with E-state index in [0.717, 1.165) is 24.3 Å². The van der Waals surface area contributed by atoms with Crippen LogP contribution in [-0.2, 0) is 18.9 Å². The third-order valence-electron chi connectivity index (χ3n) is 8.27. The van der Waals surface area contributed by atoms with Gasteiger partial charge >= 0.3 is 0 Å². The summed E-state index contributed by atoms with van der Waals surface area (Å²) in [5.74, 6) is 1.00. The topological polar surface area (TPSA) is 36.9 Å². The Hall–Kier alpha value is -0.940. The van der Waals surface area contributed by atoms with Gasteiger partial charge in [0.2, 0.25) is 0 Å². The van der Waals surface area contributed by atoms with Crippen LogP contribution in [0.15, 0.2) is 24.3 Å². The van der Waals surface area contributed by atoms with Gasteiger partial charge in [0, 0.05) is 23.0 Å². The molecule has 2 saturated heterocycles. The van der Waals surface area contributed by atoms with Gasteiger partial charge in [-0.1, -0.05) is 115 Å². The number of hydrogen-bond acceptors (Lipinski definition) is 4. The minimum atomic E-state index is -0.274. The van der Waals surface area contributed by atoms with Gasteiger partial charge in [0.1, 0.15) is 0 Å². The quantitative estimate of drug-likeness (QED) is 0.211. The number of hydrogen-bond donors (Lipinski definition) is 0. The fraction of sp³-hybridized carbons (Fsp3) is 0.812. The minimum Gasteiger partial charge on any atom is -0.348 e. The summed E-state index contributed by atoms with van der Waals surface area (Å²) < 4.78 is 24.8. The lowest BCUT2D eigenvalue weighted by Crippen LogP contribution is -2.34. The maximum atomic E-state index is 6.28. The molecule has 3 rings (SSSR count). The zero-order valence-electron chi connectivity index (χ0n) is 23.7. The second kappa shape index (κ2) is 16.8. The molecule has 0 saturated carbocycles. The highest BCUT2D eigenvalue weighted by Gasteiger charge is 2.31. The number of benzene rings is 1. The normalized spacial score (nSPS) is 28.9. The van der Waals surface area contributed by atoms with Crippen LogP contribution < -0.4 is 0 Å². The van der Waals surface area contributed by atoms with Gasteiger partial charge in [-0.05, 0) is 26.7 Å². The van der Waals surface area contributed by atoms with Gasteiger partial charge < -0.3 is 18.9 Å². The van der Waals surface area contributed by atoms with E-state index in [0.29, 0.717) is 11.8 Å². The van der Waals surface area contributed by atoms with Crippen molar-refractivity contribution in [3.8, 4) is 0 Å². The van der Waals surface area contributed by atoms with Gasteiger partial charge in [-0.15, -0.1) is 0 Å². The van der Waals surface area contributed by atoms with E-state index >= 15 is 0 Å². The fourth-order valence-corrected chi connectivity index (χ4v) is 5.55. The molecule has 0 N–H and O–H groups in total. The number of ether oxygens (including phenoxy) is 4. The van der Waals surface area contributed by atoms with Crippen molar-refractivity contribution in [1.82, 2.24) is 0 Å². The maximum Gasteiger partial charge on any atom is 0.184 e. The Morgan fingerprint density at radius 1 is 0.556 bits per heavy atom. The molecule has 6 atom stereocenters. The Labute approximate surface area is 221 Å². The van der Waals surface area contributed by atoms with Gasteiger partial charge in [0.15, 0.2) is 12.6 Å². The summed E-state index contributed by atoms with van der Waals surface area (Å²) in [6.07, 6.45) is 18.4. The molecule has 1 aromatic rings. The van der Waals surface area contributed by atoms with E-state index in [1.54, 1.807) is 0 Å². The summed E-state index contributed by atoms with van der Waals surface area (Å²) >= 11 is 0. The number of unbranched alkanes of at least 4 members (excludes halogenated alkanes) is 10. The van der Waals surface area contributed by atoms with E-state index in [4.69, 9.17) is 18.9 Å². The van der Waals surface area contributed by atoms with Crippen LogP contribution in [0.2, 0.25) is 0 Å². The van der Waals surface area contributed by atoms with Crippen LogP contribution in [0.5, 0.6) is 0 Å². The highest BCUT2D eigenvalue weighted by atomic mass is 16.7. The Bertz CT molecular complexity index is 631. The van der Waals surface area contributed by atoms with Crippen LogP contribution in [0.1, 0.15) is 141 Å². The first kappa shape index (κ1) is 29.6. The molecule has 0 spiro atoms. The molecule has 2 aliphatic heterocycles. The first-order chi connectivity index (χ1) is 17.6. The molecule has 0 radical (unpaired) electrons. The van der Waals surface area contributed by atoms with Crippen molar-refractivity contribution in [1.29, 1.82) is 0 Å². The van der Waals surface area contributed by atoms with Gasteiger partial charge in [-0.3, -0.25) is 0 Å². The summed E-state index contributed by atoms with van der Waals surface area (Å²) in [5.41, 5.74) is 2.15. The van der Waals surface area contributed by atoms with E-state index in [1.165, 1.54) is 89.9 Å². The highest BCUT2D eigenvalue weighted by Crippen LogP contribution is 2.35. The fourth-order valence-electron chi connectivity index (χ4n) is 5.55. The summed E-state index contributed by atoms with van der Waals surface area (Å²) in [6.45, 7) is 10.5. The first-order valence-corrected chi connectivity index (χ1v) is 15.3. The average Bonchev–Trinajstić information content (AvgIpc) is 2.89. The van der Waals surface area contributed by atoms with Crippen molar-refractivity contribution in [3.05, 3.63) is 35.4 Å². The largest absolute Gasteiger partial charge is 0.348 e. The van der Waals surface area contributed by atoms with Crippen molar-refractivity contribution >= 4 is 0 Å². The van der Waals surface area contributed by atoms with Crippen LogP contribution in [0, 0.1) is 11.8 Å². The molecule has 2 fully saturated rings. The average molecular weight is 503 g/mol. The van der Waals surface area contributed by atoms with Crippen molar-refractivity contribution in [2.24, 2.45) is 11.8 Å². The Morgan fingerprint density at radius 3 is 1.28 bits per heavy atom. The third kappa shape index (κ3) is 9.74. The first-order valence-electron chi connectivity index (χ1n) is 15.3. The van der Waals surface area contributed by atoms with E-state index in [9.17, 15) is 0 Å². The van der Waals surface area contributed by atoms with Crippen LogP contribution in [0.4, 0.5) is 0 Å². The lowest BCUT2D eigenvalue weighted by molar-refractivity contribution is -0.239. The van der Waals surface area contributed by atoms with Crippen molar-refractivity contribution in [2.45, 2.75) is 142 Å². The van der Waals surface area contributed by atoms with Gasteiger partial charge in [0.05, 0.1) is 25.4 Å². The van der Waals surface area contributed by atoms with Gasteiger partial charge in [-0.2, -0.15) is 0 Å². The zero-order chi connectivity index (χ0) is 25.6. The van der Waals surface area contributed by atoms with Crippen LogP contribution in [-0.4, -0.2) is 25.4 Å². The molecule has 1 aromatic carbocycles. The molecule has 0 aromatic heterocycles. The van der Waals surface area contributed by atoms with Crippen molar-refractivity contribution in [2.75, 3.05) is 13.2 Å². The second-order valence-electron chi connectivity index (χ2n) is 11.3. The summed E-state index contributed by atoms with van der Waals surface area (Å²) in [6, 6.07) is 8.45. The molecule has 0 bridgehead atoms. The SMILES string of the molecule is CCCCCCCC[C@@H]1CO[C@@H](c2ccc([C@@H]3OC[C@@H](CCCCCCCC)C(C)O3)cc2)OC1C. The van der Waals surface area contributed by atoms with Gasteiger partial charge in [0.25, 0.3) is 0 Å². The van der Waals surface area contributed by atoms with Gasteiger partial charge in [-0.25, -0.2) is 0 Å². The molecule has 206 valence electrons. The number of rotatable bonds is 16. The Morgan fingerprint density at radius 2 is 0.917 bits per heavy atom. The van der Waals surface area contributed by atoms with Crippen molar-refractivity contribution < 1.29 is 18.9 Å². The summed E-state index contributed by atoms with van der Waals surface area (Å²) in [4.78, 5) is 0. The molecular formula is C32H54O4. The molecule has 36 heavy (non-hydrogen) atoms. The summed E-state index contributed by atoms with van der Waals surface area (Å²) in [7, 11) is 0. The van der Waals surface area contributed by atoms with Crippen LogP contribution >= 0.6 is 0 Å². The van der Waals surface area contributed by atoms with Crippen LogP contribution in [0.3, 0.4) is 0 Å². The predicted molar refractivity (Wildman–Crippen MR) is 148 cm³/mol. The van der Waals surface area contributed by atoms with E-state index in [1.807, 2.05) is 0 Å². The van der Waals surface area contributed by atoms with E-state index in [2.05, 4.69) is 52.0 Å². The lowest BCUT2D eigenvalue weighted by atomic mass is 9.95. The zero-order valence-corrected chi connectivity index (χ0v) is 23.7. The predicted octanol–water partition coefficient (Wildman–Crippen LogP) is 9.29. The molecule has 4 nitrogen and oxygen atoms in total. The standard InChI is InChI=1S/C32H54O4/c1-5-7-9-11-13-15-17-29-23-33-31(35-25(29)3)27-19-21-28(22-20-27)32-34-24-30(26(4)36-32)18-16-14-12-10-8-6-2/h19-22,25-26,29-32H,5-18,23-24H2,1-4H3/t25?,26?,29-,30-,31-,32-/m1/s1. The molecule has 0 amide bonds. The second-order valence-corrected chi connectivity index (χ2v) is 11.3. The third-order valence-corrected chi connectivity index (χ3v) is 8.27. The van der Waals surface area contributed by atoms with E-state index < -0.39 is 0 Å². The Balaban J connectivity index is 1.37. The van der Waals surface area contributed by atoms with E-state index in [-0.39, 0.29) is 24.8 Å². The van der Waals surface area contributed by atoms with Crippen LogP contribution in [0.25, 0.3) is 0 Å². The maximum absolute atomic E-state index is 6.28.